The second kappa shape index (κ2) is 3.68. The molecule has 3 heteroatoms. The summed E-state index contributed by atoms with van der Waals surface area (Å²) in [5.41, 5.74) is 1.24. The van der Waals surface area contributed by atoms with Gasteiger partial charge in [0.1, 0.15) is 5.69 Å². The Morgan fingerprint density at radius 2 is 1.88 bits per heavy atom. The lowest BCUT2D eigenvalue weighted by Crippen LogP contribution is -1.88. The van der Waals surface area contributed by atoms with Crippen molar-refractivity contribution in [3.63, 3.8) is 0 Å². The third-order valence-electron chi connectivity index (χ3n) is 2.50. The molecular weight excluding hydrogens is 221 g/mol. The monoisotopic (exact) mass is 229 g/mol. The van der Waals surface area contributed by atoms with Gasteiger partial charge in [-0.05, 0) is 11.4 Å². The van der Waals surface area contributed by atoms with Crippen LogP contribution in [-0.2, 0) is 0 Å². The Morgan fingerprint density at radius 1 is 1.06 bits per heavy atom. The topological polar surface area (TPSA) is 12.9 Å². The van der Waals surface area contributed by atoms with Crippen LogP contribution in [0.15, 0.2) is 48.0 Å². The van der Waals surface area contributed by atoms with Crippen LogP contribution in [0.4, 0.5) is 4.39 Å². The Labute approximate surface area is 96.2 Å². The van der Waals surface area contributed by atoms with E-state index in [0.717, 1.165) is 10.3 Å². The standard InChI is InChI=1S/C13H8FNS/c14-12-10-6-7-16-11(10)8-15-13(12)9-4-2-1-3-5-9/h1-8H. The van der Waals surface area contributed by atoms with Crippen molar-refractivity contribution in [2.24, 2.45) is 0 Å². The fraction of sp³-hybridized carbons (Fsp3) is 0. The van der Waals surface area contributed by atoms with E-state index < -0.39 is 0 Å². The summed E-state index contributed by atoms with van der Waals surface area (Å²) in [6.07, 6.45) is 1.73. The van der Waals surface area contributed by atoms with E-state index >= 15 is 0 Å². The third kappa shape index (κ3) is 1.41. The van der Waals surface area contributed by atoms with Gasteiger partial charge in [-0.2, -0.15) is 0 Å². The summed E-state index contributed by atoms with van der Waals surface area (Å²) in [7, 11) is 0. The van der Waals surface area contributed by atoms with Crippen LogP contribution in [0.1, 0.15) is 0 Å². The lowest BCUT2D eigenvalue weighted by Gasteiger charge is -2.02. The van der Waals surface area contributed by atoms with E-state index in [2.05, 4.69) is 4.98 Å². The second-order valence-corrected chi connectivity index (χ2v) is 4.43. The molecule has 16 heavy (non-hydrogen) atoms. The Morgan fingerprint density at radius 3 is 2.69 bits per heavy atom. The molecular formula is C13H8FNS. The van der Waals surface area contributed by atoms with Gasteiger partial charge in [-0.3, -0.25) is 4.98 Å². The molecule has 0 aliphatic carbocycles. The predicted octanol–water partition coefficient (Wildman–Crippen LogP) is 4.10. The third-order valence-corrected chi connectivity index (χ3v) is 3.35. The largest absolute Gasteiger partial charge is 0.252 e. The Hall–Kier alpha value is -1.74. The summed E-state index contributed by atoms with van der Waals surface area (Å²) in [5, 5.41) is 2.53. The highest BCUT2D eigenvalue weighted by Crippen LogP contribution is 2.29. The van der Waals surface area contributed by atoms with Gasteiger partial charge in [0.25, 0.3) is 0 Å². The molecule has 0 saturated carbocycles. The van der Waals surface area contributed by atoms with Gasteiger partial charge in [0.05, 0.1) is 4.70 Å². The molecule has 0 aliphatic heterocycles. The first kappa shape index (κ1) is 9.48. The maximum Gasteiger partial charge on any atom is 0.158 e. The van der Waals surface area contributed by atoms with Crippen LogP contribution in [0.25, 0.3) is 21.3 Å². The van der Waals surface area contributed by atoms with Gasteiger partial charge >= 0.3 is 0 Å². The lowest BCUT2D eigenvalue weighted by atomic mass is 10.1. The number of hydrogen-bond acceptors (Lipinski definition) is 2. The first-order chi connectivity index (χ1) is 7.86. The molecule has 3 aromatic rings. The minimum absolute atomic E-state index is 0.232. The highest BCUT2D eigenvalue weighted by atomic mass is 32.1. The zero-order valence-electron chi connectivity index (χ0n) is 8.35. The van der Waals surface area contributed by atoms with Crippen molar-refractivity contribution in [2.45, 2.75) is 0 Å². The van der Waals surface area contributed by atoms with E-state index in [-0.39, 0.29) is 5.82 Å². The van der Waals surface area contributed by atoms with Gasteiger partial charge in [0, 0.05) is 17.1 Å². The number of halogens is 1. The maximum atomic E-state index is 14.1. The zero-order valence-corrected chi connectivity index (χ0v) is 9.17. The molecule has 0 amide bonds. The molecule has 0 aliphatic rings. The molecule has 2 aromatic heterocycles. The summed E-state index contributed by atoms with van der Waals surface area (Å²) >= 11 is 1.50. The average molecular weight is 229 g/mol. The summed E-state index contributed by atoms with van der Waals surface area (Å²) in [6.45, 7) is 0. The van der Waals surface area contributed by atoms with Gasteiger partial charge in [0.15, 0.2) is 5.82 Å². The Kier molecular flexibility index (Phi) is 2.18. The van der Waals surface area contributed by atoms with E-state index in [1.807, 2.05) is 35.7 Å². The van der Waals surface area contributed by atoms with Crippen LogP contribution in [-0.4, -0.2) is 4.98 Å². The SMILES string of the molecule is Fc1c(-c2ccccc2)ncc2sccc12. The summed E-state index contributed by atoms with van der Waals surface area (Å²) in [4.78, 5) is 4.18. The predicted molar refractivity (Wildman–Crippen MR) is 65.0 cm³/mol. The zero-order chi connectivity index (χ0) is 11.0. The fourth-order valence-corrected chi connectivity index (χ4v) is 2.46. The summed E-state index contributed by atoms with van der Waals surface area (Å²) in [5.74, 6) is -0.232. The maximum absolute atomic E-state index is 14.1. The van der Waals surface area contributed by atoms with E-state index in [4.69, 9.17) is 0 Å². The van der Waals surface area contributed by atoms with Crippen LogP contribution in [0.2, 0.25) is 0 Å². The molecule has 1 nitrogen and oxygen atoms in total. The van der Waals surface area contributed by atoms with Crippen molar-refractivity contribution in [2.75, 3.05) is 0 Å². The molecule has 3 rings (SSSR count). The van der Waals surface area contributed by atoms with E-state index in [9.17, 15) is 4.39 Å². The summed E-state index contributed by atoms with van der Waals surface area (Å²) in [6, 6.07) is 11.2. The van der Waals surface area contributed by atoms with Crippen LogP contribution in [0.3, 0.4) is 0 Å². The van der Waals surface area contributed by atoms with E-state index in [0.29, 0.717) is 11.1 Å². The first-order valence-corrected chi connectivity index (χ1v) is 5.81. The van der Waals surface area contributed by atoms with Gasteiger partial charge in [-0.25, -0.2) is 4.39 Å². The average Bonchev–Trinajstić information content (AvgIpc) is 2.80. The Balaban J connectivity index is 2.28. The smallest absolute Gasteiger partial charge is 0.158 e. The number of aromatic nitrogens is 1. The second-order valence-electron chi connectivity index (χ2n) is 3.49. The Bertz CT molecular complexity index is 631. The molecule has 1 aromatic carbocycles. The van der Waals surface area contributed by atoms with Crippen molar-refractivity contribution >= 4 is 21.4 Å². The minimum Gasteiger partial charge on any atom is -0.252 e. The van der Waals surface area contributed by atoms with E-state index in [1.165, 1.54) is 11.3 Å². The highest BCUT2D eigenvalue weighted by Gasteiger charge is 2.10. The van der Waals surface area contributed by atoms with Crippen LogP contribution < -0.4 is 0 Å². The number of rotatable bonds is 1. The fourth-order valence-electron chi connectivity index (χ4n) is 1.71. The molecule has 0 atom stereocenters. The quantitative estimate of drug-likeness (QED) is 0.612. The molecule has 0 radical (unpaired) electrons. The number of pyridine rings is 1. The number of nitrogens with zero attached hydrogens (tertiary/aromatic N) is 1. The van der Waals surface area contributed by atoms with Crippen molar-refractivity contribution in [1.82, 2.24) is 4.98 Å². The van der Waals surface area contributed by atoms with Crippen molar-refractivity contribution in [3.05, 3.63) is 53.8 Å². The van der Waals surface area contributed by atoms with Crippen LogP contribution >= 0.6 is 11.3 Å². The minimum atomic E-state index is -0.232. The lowest BCUT2D eigenvalue weighted by molar-refractivity contribution is 0.638. The van der Waals surface area contributed by atoms with Crippen LogP contribution in [0, 0.1) is 5.82 Å². The molecule has 0 unspecified atom stereocenters. The van der Waals surface area contributed by atoms with Crippen LogP contribution in [0.5, 0.6) is 0 Å². The van der Waals surface area contributed by atoms with Gasteiger partial charge in [-0.1, -0.05) is 30.3 Å². The number of hydrogen-bond donors (Lipinski definition) is 0. The molecule has 2 heterocycles. The summed E-state index contributed by atoms with van der Waals surface area (Å²) < 4.78 is 15.0. The van der Waals surface area contributed by atoms with Gasteiger partial charge in [0.2, 0.25) is 0 Å². The first-order valence-electron chi connectivity index (χ1n) is 4.93. The molecule has 78 valence electrons. The number of benzene rings is 1. The van der Waals surface area contributed by atoms with E-state index in [1.54, 1.807) is 12.3 Å². The molecule has 0 saturated heterocycles. The van der Waals surface area contributed by atoms with Crippen molar-refractivity contribution < 1.29 is 4.39 Å². The molecule has 0 spiro atoms. The normalized spacial score (nSPS) is 10.8. The molecule has 0 bridgehead atoms. The number of fused-ring (bicyclic) bond motifs is 1. The van der Waals surface area contributed by atoms with Gasteiger partial charge in [-0.15, -0.1) is 11.3 Å². The molecule has 0 N–H and O–H groups in total. The molecule has 0 fully saturated rings. The van der Waals surface area contributed by atoms with Crippen molar-refractivity contribution in [3.8, 4) is 11.3 Å². The highest BCUT2D eigenvalue weighted by molar-refractivity contribution is 7.17. The number of thiophene rings is 1. The van der Waals surface area contributed by atoms with Gasteiger partial charge < -0.3 is 0 Å². The van der Waals surface area contributed by atoms with Crippen molar-refractivity contribution in [1.29, 1.82) is 0 Å².